The van der Waals surface area contributed by atoms with E-state index in [1.54, 1.807) is 18.2 Å². The van der Waals surface area contributed by atoms with Crippen molar-refractivity contribution in [2.75, 3.05) is 25.5 Å². The summed E-state index contributed by atoms with van der Waals surface area (Å²) in [4.78, 5) is 8.40. The van der Waals surface area contributed by atoms with Crippen molar-refractivity contribution in [2.24, 2.45) is 11.8 Å². The van der Waals surface area contributed by atoms with Gasteiger partial charge in [0.2, 0.25) is 0 Å². The first kappa shape index (κ1) is 29.3. The van der Waals surface area contributed by atoms with Gasteiger partial charge < -0.3 is 20.5 Å². The fourth-order valence-corrected chi connectivity index (χ4v) is 4.13. The Hall–Kier alpha value is -1.69. The SMILES string of the molecule is C=C/C=C(\C=C/C)Nc1ncnc2cc(O)c(OC)cc12.CC.[B]C1CC2CNCC2C1.[Y]. The average molecular weight is 523 g/mol. The van der Waals surface area contributed by atoms with Gasteiger partial charge in [-0.25, -0.2) is 9.97 Å². The first-order chi connectivity index (χ1) is 15.5. The third-order valence-electron chi connectivity index (χ3n) is 5.53. The van der Waals surface area contributed by atoms with Crippen LogP contribution in [0.15, 0.2) is 55.0 Å². The van der Waals surface area contributed by atoms with E-state index in [2.05, 4.69) is 27.2 Å². The number of hydrogen-bond donors (Lipinski definition) is 3. The monoisotopic (exact) mass is 523 g/mol. The number of nitrogens with zero attached hydrogens (tertiary/aromatic N) is 2. The Labute approximate surface area is 224 Å². The molecule has 1 aromatic carbocycles. The van der Waals surface area contributed by atoms with Gasteiger partial charge in [0, 0.05) is 49.9 Å². The number of nitrogens with one attached hydrogen (secondary N) is 2. The largest absolute Gasteiger partial charge is 0.504 e. The van der Waals surface area contributed by atoms with E-state index in [4.69, 9.17) is 12.6 Å². The summed E-state index contributed by atoms with van der Waals surface area (Å²) in [5.41, 5.74) is 1.48. The van der Waals surface area contributed by atoms with Crippen LogP contribution in [0.5, 0.6) is 11.5 Å². The summed E-state index contributed by atoms with van der Waals surface area (Å²) >= 11 is 0. The van der Waals surface area contributed by atoms with Crippen LogP contribution < -0.4 is 15.4 Å². The Bertz CT molecular complexity index is 939. The van der Waals surface area contributed by atoms with E-state index in [0.717, 1.165) is 22.9 Å². The molecule has 0 amide bonds. The zero-order valence-electron chi connectivity index (χ0n) is 20.2. The molecule has 1 aromatic heterocycles. The van der Waals surface area contributed by atoms with Gasteiger partial charge in [-0.1, -0.05) is 51.2 Å². The molecular formula is C25H35BN4O2Y. The molecule has 1 saturated carbocycles. The van der Waals surface area contributed by atoms with Gasteiger partial charge in [0.25, 0.3) is 0 Å². The fourth-order valence-electron chi connectivity index (χ4n) is 4.13. The molecule has 2 fully saturated rings. The van der Waals surface area contributed by atoms with Gasteiger partial charge in [0.05, 0.1) is 20.5 Å². The maximum absolute atomic E-state index is 9.81. The number of allylic oxidation sites excluding steroid dienone is 4. The summed E-state index contributed by atoms with van der Waals surface area (Å²) in [5, 5.41) is 17.2. The number of aromatic nitrogens is 2. The number of rotatable bonds is 5. The van der Waals surface area contributed by atoms with Crippen molar-refractivity contribution in [1.82, 2.24) is 15.3 Å². The summed E-state index contributed by atoms with van der Waals surface area (Å²) in [5.74, 6) is 3.40. The quantitative estimate of drug-likeness (QED) is 0.379. The molecule has 1 aliphatic carbocycles. The molecule has 2 atom stereocenters. The predicted octanol–water partition coefficient (Wildman–Crippen LogP) is 5.00. The number of anilines is 1. The number of hydrogen-bond acceptors (Lipinski definition) is 6. The average Bonchev–Trinajstić information content (AvgIpc) is 3.36. The van der Waals surface area contributed by atoms with Crippen LogP contribution in [-0.4, -0.2) is 43.1 Å². The topological polar surface area (TPSA) is 79.3 Å². The number of aromatic hydroxyl groups is 1. The number of ether oxygens (including phenoxy) is 1. The minimum atomic E-state index is 0. The molecule has 6 nitrogen and oxygen atoms in total. The van der Waals surface area contributed by atoms with Crippen molar-refractivity contribution in [1.29, 1.82) is 0 Å². The molecule has 3 N–H and O–H groups in total. The molecule has 4 rings (SSSR count). The second kappa shape index (κ2) is 15.3. The van der Waals surface area contributed by atoms with Crippen LogP contribution in [0.25, 0.3) is 10.9 Å². The molecule has 3 radical (unpaired) electrons. The normalized spacial score (nSPS) is 21.2. The van der Waals surface area contributed by atoms with Crippen molar-refractivity contribution in [3.63, 3.8) is 0 Å². The Morgan fingerprint density at radius 2 is 1.91 bits per heavy atom. The third-order valence-corrected chi connectivity index (χ3v) is 5.53. The van der Waals surface area contributed by atoms with E-state index in [1.807, 2.05) is 39.0 Å². The molecule has 173 valence electrons. The minimum Gasteiger partial charge on any atom is -0.504 e. The summed E-state index contributed by atoms with van der Waals surface area (Å²) in [6.07, 6.45) is 11.3. The van der Waals surface area contributed by atoms with Crippen LogP contribution in [0.2, 0.25) is 5.82 Å². The third kappa shape index (κ3) is 8.24. The van der Waals surface area contributed by atoms with Crippen molar-refractivity contribution in [2.45, 2.75) is 39.4 Å². The predicted molar refractivity (Wildman–Crippen MR) is 134 cm³/mol. The maximum atomic E-state index is 9.81. The molecule has 1 saturated heterocycles. The van der Waals surface area contributed by atoms with Crippen LogP contribution in [0.1, 0.15) is 33.6 Å². The van der Waals surface area contributed by atoms with Gasteiger partial charge in [0.15, 0.2) is 11.5 Å². The van der Waals surface area contributed by atoms with Crippen molar-refractivity contribution < 1.29 is 42.6 Å². The Morgan fingerprint density at radius 3 is 2.48 bits per heavy atom. The molecule has 0 spiro atoms. The van der Waals surface area contributed by atoms with Gasteiger partial charge >= 0.3 is 0 Å². The van der Waals surface area contributed by atoms with E-state index in [1.165, 1.54) is 39.4 Å². The summed E-state index contributed by atoms with van der Waals surface area (Å²) < 4.78 is 5.13. The summed E-state index contributed by atoms with van der Waals surface area (Å²) in [6, 6.07) is 3.25. The summed E-state index contributed by atoms with van der Waals surface area (Å²) in [6.45, 7) is 12.1. The van der Waals surface area contributed by atoms with Crippen LogP contribution >= 0.6 is 0 Å². The molecule has 0 bridgehead atoms. The molecule has 1 aliphatic heterocycles. The van der Waals surface area contributed by atoms with Crippen molar-refractivity contribution in [3.05, 3.63) is 55.0 Å². The van der Waals surface area contributed by atoms with E-state index >= 15 is 0 Å². The van der Waals surface area contributed by atoms with Gasteiger partial charge in [-0.3, -0.25) is 0 Å². The smallest absolute Gasteiger partial charge is 0.161 e. The van der Waals surface area contributed by atoms with E-state index in [9.17, 15) is 5.11 Å². The zero-order chi connectivity index (χ0) is 23.5. The van der Waals surface area contributed by atoms with Gasteiger partial charge in [0.1, 0.15) is 12.1 Å². The number of methoxy groups -OCH3 is 1. The second-order valence-electron chi connectivity index (χ2n) is 7.66. The van der Waals surface area contributed by atoms with E-state index in [-0.39, 0.29) is 38.5 Å². The van der Waals surface area contributed by atoms with Crippen LogP contribution in [0, 0.1) is 11.8 Å². The van der Waals surface area contributed by atoms with E-state index < -0.39 is 0 Å². The van der Waals surface area contributed by atoms with Gasteiger partial charge in [-0.2, -0.15) is 0 Å². The van der Waals surface area contributed by atoms with E-state index in [0.29, 0.717) is 22.9 Å². The summed E-state index contributed by atoms with van der Waals surface area (Å²) in [7, 11) is 7.30. The Morgan fingerprint density at radius 1 is 1.24 bits per heavy atom. The number of phenolic OH excluding ortho intramolecular Hbond substituents is 1. The molecular weight excluding hydrogens is 488 g/mol. The van der Waals surface area contributed by atoms with Crippen molar-refractivity contribution >= 4 is 24.6 Å². The molecule has 2 unspecified atom stereocenters. The molecule has 2 aromatic rings. The first-order valence-corrected chi connectivity index (χ1v) is 11.3. The molecule has 2 heterocycles. The fraction of sp³-hybridized carbons (Fsp3) is 0.440. The van der Waals surface area contributed by atoms with Gasteiger partial charge in [-0.05, 0) is 50.1 Å². The number of benzene rings is 1. The zero-order valence-corrected chi connectivity index (χ0v) is 23.1. The van der Waals surface area contributed by atoms with Crippen LogP contribution in [0.4, 0.5) is 5.82 Å². The Kier molecular flexibility index (Phi) is 13.6. The first-order valence-electron chi connectivity index (χ1n) is 11.3. The number of phenols is 1. The van der Waals surface area contributed by atoms with Crippen molar-refractivity contribution in [3.8, 4) is 11.5 Å². The minimum absolute atomic E-state index is 0. The standard InChI is InChI=1S/C16H17N3O2.C7H12BN.C2H6.Y/c1-4-6-11(7-5-2)19-16-12-8-15(21-3)14(20)9-13(12)17-10-18-16;8-7-1-5-3-9-4-6(5)2-7;1-2;/h4-10,20H,1H2,2-3H3,(H,17,18,19);5-7,9H,1-4H2;1-2H3;/b7-5-,11-6+;;;. The molecule has 33 heavy (non-hydrogen) atoms. The second-order valence-corrected chi connectivity index (χ2v) is 7.66. The molecule has 2 aliphatic rings. The Balaban J connectivity index is 0.000000377. The maximum Gasteiger partial charge on any atom is 0.161 e. The number of fused-ring (bicyclic) bond motifs is 2. The van der Waals surface area contributed by atoms with Gasteiger partial charge in [-0.15, -0.1) is 0 Å². The van der Waals surface area contributed by atoms with Crippen LogP contribution in [0.3, 0.4) is 0 Å². The van der Waals surface area contributed by atoms with Crippen LogP contribution in [-0.2, 0) is 32.7 Å². The molecule has 8 heteroatoms.